The van der Waals surface area contributed by atoms with Crippen LogP contribution in [0.2, 0.25) is 5.02 Å². The van der Waals surface area contributed by atoms with Crippen molar-refractivity contribution in [3.05, 3.63) is 46.8 Å². The van der Waals surface area contributed by atoms with Crippen molar-refractivity contribution in [2.24, 2.45) is 0 Å². The summed E-state index contributed by atoms with van der Waals surface area (Å²) in [6, 6.07) is 7.57. The normalized spacial score (nSPS) is 13.7. The van der Waals surface area contributed by atoms with Gasteiger partial charge in [0.25, 0.3) is 0 Å². The standard InChI is InChI=1S/C17H15ClN4O2S2/c18-13-4-2-1-3-12(13)16-21-20-14(24-16)9-22(11-5-6-11)15(23)10-26-17-19-7-8-25-17/h1-4,7-8,11H,5-6,9-10H2. The molecule has 2 aromatic heterocycles. The van der Waals surface area contributed by atoms with Crippen LogP contribution in [0.3, 0.4) is 0 Å². The van der Waals surface area contributed by atoms with Crippen LogP contribution in [0.1, 0.15) is 18.7 Å². The van der Waals surface area contributed by atoms with E-state index in [2.05, 4.69) is 15.2 Å². The maximum atomic E-state index is 12.6. The predicted octanol–water partition coefficient (Wildman–Crippen LogP) is 4.13. The van der Waals surface area contributed by atoms with Gasteiger partial charge in [0.2, 0.25) is 17.7 Å². The number of carbonyl (C=O) groups excluding carboxylic acids is 1. The number of benzene rings is 1. The Bertz CT molecular complexity index is 896. The number of rotatable bonds is 7. The Balaban J connectivity index is 1.44. The summed E-state index contributed by atoms with van der Waals surface area (Å²) in [6.07, 6.45) is 3.77. The SMILES string of the molecule is O=C(CSc1nccs1)N(Cc1nnc(-c2ccccc2Cl)o1)C1CC1. The number of hydrogen-bond donors (Lipinski definition) is 0. The number of thiazole rings is 1. The number of thioether (sulfide) groups is 1. The van der Waals surface area contributed by atoms with Gasteiger partial charge in [-0.15, -0.1) is 21.5 Å². The Morgan fingerprint density at radius 1 is 1.35 bits per heavy atom. The van der Waals surface area contributed by atoms with Crippen LogP contribution in [-0.2, 0) is 11.3 Å². The Hall–Kier alpha value is -1.90. The number of halogens is 1. The molecule has 4 rings (SSSR count). The minimum absolute atomic E-state index is 0.0604. The Morgan fingerprint density at radius 3 is 2.92 bits per heavy atom. The van der Waals surface area contributed by atoms with Crippen LogP contribution < -0.4 is 0 Å². The molecular formula is C17H15ClN4O2S2. The fourth-order valence-electron chi connectivity index (χ4n) is 2.50. The molecule has 134 valence electrons. The lowest BCUT2D eigenvalue weighted by Crippen LogP contribution is -2.34. The van der Waals surface area contributed by atoms with Gasteiger partial charge in [-0.1, -0.05) is 35.5 Å². The Kier molecular flexibility index (Phi) is 5.23. The molecule has 1 fully saturated rings. The van der Waals surface area contributed by atoms with Gasteiger partial charge in [0, 0.05) is 17.6 Å². The van der Waals surface area contributed by atoms with Crippen LogP contribution >= 0.6 is 34.7 Å². The number of carbonyl (C=O) groups is 1. The van der Waals surface area contributed by atoms with Crippen molar-refractivity contribution < 1.29 is 9.21 Å². The molecule has 0 radical (unpaired) electrons. The molecule has 2 heterocycles. The second-order valence-corrected chi connectivity index (χ2v) is 8.34. The molecule has 0 unspecified atom stereocenters. The summed E-state index contributed by atoms with van der Waals surface area (Å²) in [6.45, 7) is 0.319. The first-order valence-corrected chi connectivity index (χ1v) is 10.3. The zero-order chi connectivity index (χ0) is 17.9. The molecule has 0 bridgehead atoms. The summed E-state index contributed by atoms with van der Waals surface area (Å²) < 4.78 is 6.64. The van der Waals surface area contributed by atoms with Crippen LogP contribution in [0, 0.1) is 0 Å². The highest BCUT2D eigenvalue weighted by Crippen LogP contribution is 2.31. The van der Waals surface area contributed by atoms with Crippen LogP contribution in [0.5, 0.6) is 0 Å². The zero-order valence-corrected chi connectivity index (χ0v) is 16.1. The van der Waals surface area contributed by atoms with Crippen LogP contribution in [0.25, 0.3) is 11.5 Å². The first kappa shape index (κ1) is 17.5. The van der Waals surface area contributed by atoms with Gasteiger partial charge in [0.1, 0.15) is 4.34 Å². The van der Waals surface area contributed by atoms with Gasteiger partial charge in [-0.3, -0.25) is 4.79 Å². The molecule has 1 aliphatic rings. The fraction of sp³-hybridized carbons (Fsp3) is 0.294. The molecule has 0 saturated heterocycles. The molecule has 0 aliphatic heterocycles. The van der Waals surface area contributed by atoms with Gasteiger partial charge in [-0.2, -0.15) is 0 Å². The topological polar surface area (TPSA) is 72.1 Å². The third-order valence-electron chi connectivity index (χ3n) is 3.91. The van der Waals surface area contributed by atoms with Gasteiger partial charge < -0.3 is 9.32 Å². The highest BCUT2D eigenvalue weighted by Gasteiger charge is 2.33. The highest BCUT2D eigenvalue weighted by molar-refractivity contribution is 8.01. The van der Waals surface area contributed by atoms with E-state index >= 15 is 0 Å². The Labute approximate surface area is 163 Å². The summed E-state index contributed by atoms with van der Waals surface area (Å²) in [5.74, 6) is 1.20. The average molecular weight is 407 g/mol. The maximum absolute atomic E-state index is 12.6. The van der Waals surface area contributed by atoms with Crippen molar-refractivity contribution in [3.63, 3.8) is 0 Å². The Morgan fingerprint density at radius 2 is 2.19 bits per heavy atom. The van der Waals surface area contributed by atoms with E-state index in [1.807, 2.05) is 28.5 Å². The number of hydrogen-bond acceptors (Lipinski definition) is 7. The smallest absolute Gasteiger partial charge is 0.249 e. The lowest BCUT2D eigenvalue weighted by Gasteiger charge is -2.20. The summed E-state index contributed by atoms with van der Waals surface area (Å²) in [4.78, 5) is 18.6. The predicted molar refractivity (Wildman–Crippen MR) is 101 cm³/mol. The molecule has 9 heteroatoms. The van der Waals surface area contributed by atoms with E-state index in [1.165, 1.54) is 23.1 Å². The lowest BCUT2D eigenvalue weighted by molar-refractivity contribution is -0.129. The van der Waals surface area contributed by atoms with E-state index in [9.17, 15) is 4.79 Å². The van der Waals surface area contributed by atoms with Crippen LogP contribution in [0.4, 0.5) is 0 Å². The number of amides is 1. The molecule has 26 heavy (non-hydrogen) atoms. The largest absolute Gasteiger partial charge is 0.419 e. The second kappa shape index (κ2) is 7.77. The van der Waals surface area contributed by atoms with E-state index in [-0.39, 0.29) is 11.9 Å². The van der Waals surface area contributed by atoms with Gasteiger partial charge in [0.05, 0.1) is 22.9 Å². The number of aromatic nitrogens is 3. The molecule has 0 N–H and O–H groups in total. The molecular weight excluding hydrogens is 392 g/mol. The van der Waals surface area contributed by atoms with Gasteiger partial charge in [-0.05, 0) is 25.0 Å². The zero-order valence-electron chi connectivity index (χ0n) is 13.7. The van der Waals surface area contributed by atoms with Gasteiger partial charge in [-0.25, -0.2) is 4.98 Å². The monoisotopic (exact) mass is 406 g/mol. The molecule has 1 saturated carbocycles. The highest BCUT2D eigenvalue weighted by atomic mass is 35.5. The minimum atomic E-state index is 0.0604. The number of nitrogens with zero attached hydrogens (tertiary/aromatic N) is 4. The molecule has 1 amide bonds. The first-order valence-electron chi connectivity index (χ1n) is 8.10. The third kappa shape index (κ3) is 4.08. The molecule has 1 aromatic carbocycles. The van der Waals surface area contributed by atoms with Gasteiger partial charge >= 0.3 is 0 Å². The van der Waals surface area contributed by atoms with E-state index < -0.39 is 0 Å². The summed E-state index contributed by atoms with van der Waals surface area (Å²) in [7, 11) is 0. The molecule has 1 aliphatic carbocycles. The van der Waals surface area contributed by atoms with E-state index in [0.29, 0.717) is 34.7 Å². The summed E-state index contributed by atoms with van der Waals surface area (Å²) >= 11 is 9.16. The van der Waals surface area contributed by atoms with Crippen molar-refractivity contribution in [1.82, 2.24) is 20.1 Å². The minimum Gasteiger partial charge on any atom is -0.419 e. The summed E-state index contributed by atoms with van der Waals surface area (Å²) in [5, 5.41) is 10.6. The first-order chi connectivity index (χ1) is 12.7. The van der Waals surface area contributed by atoms with Gasteiger partial charge in [0.15, 0.2) is 0 Å². The molecule has 0 spiro atoms. The summed E-state index contributed by atoms with van der Waals surface area (Å²) in [5.41, 5.74) is 0.691. The van der Waals surface area contributed by atoms with Crippen molar-refractivity contribution in [1.29, 1.82) is 0 Å². The maximum Gasteiger partial charge on any atom is 0.249 e. The van der Waals surface area contributed by atoms with E-state index in [0.717, 1.165) is 17.2 Å². The third-order valence-corrected chi connectivity index (χ3v) is 6.19. The second-order valence-electron chi connectivity index (χ2n) is 5.82. The fourth-order valence-corrected chi connectivity index (χ4v) is 4.24. The quantitative estimate of drug-likeness (QED) is 0.549. The molecule has 6 nitrogen and oxygen atoms in total. The van der Waals surface area contributed by atoms with E-state index in [1.54, 1.807) is 12.3 Å². The average Bonchev–Trinajstić information content (AvgIpc) is 3.16. The van der Waals surface area contributed by atoms with Crippen LogP contribution in [-0.4, -0.2) is 37.8 Å². The molecule has 0 atom stereocenters. The molecule has 3 aromatic rings. The van der Waals surface area contributed by atoms with Crippen LogP contribution in [0.15, 0.2) is 44.6 Å². The van der Waals surface area contributed by atoms with Crippen molar-refractivity contribution in [2.75, 3.05) is 5.75 Å². The van der Waals surface area contributed by atoms with Crippen molar-refractivity contribution >= 4 is 40.6 Å². The van der Waals surface area contributed by atoms with Crippen molar-refractivity contribution in [2.45, 2.75) is 29.8 Å². The van der Waals surface area contributed by atoms with Crippen molar-refractivity contribution in [3.8, 4) is 11.5 Å². The lowest BCUT2D eigenvalue weighted by atomic mass is 10.2. The van der Waals surface area contributed by atoms with E-state index in [4.69, 9.17) is 16.0 Å².